The summed E-state index contributed by atoms with van der Waals surface area (Å²) in [5.74, 6) is -2.16. The number of rotatable bonds is 7. The number of halogens is 2. The third-order valence-electron chi connectivity index (χ3n) is 5.33. The van der Waals surface area contributed by atoms with E-state index in [1.54, 1.807) is 0 Å². The van der Waals surface area contributed by atoms with E-state index in [-0.39, 0.29) is 12.2 Å². The highest BCUT2D eigenvalue weighted by molar-refractivity contribution is 7.92. The molecule has 1 unspecified atom stereocenters. The van der Waals surface area contributed by atoms with Crippen LogP contribution in [0.25, 0.3) is 0 Å². The number of benzene rings is 2. The van der Waals surface area contributed by atoms with E-state index in [1.807, 2.05) is 24.3 Å². The maximum atomic E-state index is 13.5. The molecule has 3 rings (SSSR count). The molecule has 9 heteroatoms. The third kappa shape index (κ3) is 6.16. The molecule has 2 aromatic carbocycles. The van der Waals surface area contributed by atoms with Gasteiger partial charge in [0.1, 0.15) is 6.54 Å². The van der Waals surface area contributed by atoms with Gasteiger partial charge < -0.3 is 10.2 Å². The number of hydrogen-bond acceptors (Lipinski definition) is 4. The lowest BCUT2D eigenvalue weighted by molar-refractivity contribution is -0.119. The van der Waals surface area contributed by atoms with E-state index in [9.17, 15) is 22.0 Å². The summed E-state index contributed by atoms with van der Waals surface area (Å²) in [6, 6.07) is 10.6. The molecular weight excluding hydrogens is 424 g/mol. The fourth-order valence-corrected chi connectivity index (χ4v) is 4.52. The summed E-state index contributed by atoms with van der Waals surface area (Å²) in [6.07, 6.45) is 3.32. The van der Waals surface area contributed by atoms with E-state index in [4.69, 9.17) is 0 Å². The van der Waals surface area contributed by atoms with Gasteiger partial charge >= 0.3 is 0 Å². The lowest BCUT2D eigenvalue weighted by atomic mass is 9.99. The second kappa shape index (κ2) is 9.64. The minimum absolute atomic E-state index is 0.114. The first-order valence-electron chi connectivity index (χ1n) is 10.2. The number of carbonyl (C=O) groups excluding carboxylic acids is 1. The monoisotopic (exact) mass is 451 g/mol. The van der Waals surface area contributed by atoms with Crippen LogP contribution in [0.4, 0.5) is 20.2 Å². The summed E-state index contributed by atoms with van der Waals surface area (Å²) >= 11 is 0. The lowest BCUT2D eigenvalue weighted by Crippen LogP contribution is -2.40. The smallest absolute Gasteiger partial charge is 0.241 e. The molecule has 0 radical (unpaired) electrons. The number of anilines is 2. The molecule has 6 nitrogen and oxygen atoms in total. The van der Waals surface area contributed by atoms with E-state index < -0.39 is 34.1 Å². The highest BCUT2D eigenvalue weighted by Gasteiger charge is 2.22. The summed E-state index contributed by atoms with van der Waals surface area (Å²) in [4.78, 5) is 14.7. The number of nitrogens with zero attached hydrogens (tertiary/aromatic N) is 2. The zero-order chi connectivity index (χ0) is 22.6. The second-order valence-electron chi connectivity index (χ2n) is 8.00. The van der Waals surface area contributed by atoms with Crippen LogP contribution in [-0.4, -0.2) is 40.2 Å². The molecule has 1 N–H and O–H groups in total. The van der Waals surface area contributed by atoms with E-state index in [1.165, 1.54) is 12.8 Å². The van der Waals surface area contributed by atoms with Crippen LogP contribution in [-0.2, 0) is 21.4 Å². The molecule has 1 atom stereocenters. The Kier molecular flexibility index (Phi) is 7.15. The van der Waals surface area contributed by atoms with E-state index in [2.05, 4.69) is 17.1 Å². The number of sulfonamides is 1. The van der Waals surface area contributed by atoms with Gasteiger partial charge in [-0.1, -0.05) is 19.1 Å². The molecule has 168 valence electrons. The standard InChI is InChI=1S/C22H27F2N3O3S/c1-16-4-3-11-26(14-16)18-7-5-17(6-8-18)13-25-22(28)15-27(31(2,29)30)19-9-10-20(23)21(24)12-19/h5-10,12,16H,3-4,11,13-15H2,1-2H3,(H,25,28). The van der Waals surface area contributed by atoms with Crippen molar-refractivity contribution in [1.29, 1.82) is 0 Å². The Balaban J connectivity index is 1.60. The number of piperidine rings is 1. The molecule has 2 aromatic rings. The van der Waals surface area contributed by atoms with Gasteiger partial charge in [0.05, 0.1) is 11.9 Å². The van der Waals surface area contributed by atoms with Gasteiger partial charge in [0, 0.05) is 31.4 Å². The summed E-state index contributed by atoms with van der Waals surface area (Å²) in [6.45, 7) is 4.00. The lowest BCUT2D eigenvalue weighted by Gasteiger charge is -2.32. The Morgan fingerprint density at radius 2 is 1.87 bits per heavy atom. The Labute approximate surface area is 181 Å². The molecule has 1 aliphatic rings. The molecule has 1 saturated heterocycles. The topological polar surface area (TPSA) is 69.7 Å². The molecule has 1 fully saturated rings. The third-order valence-corrected chi connectivity index (χ3v) is 6.47. The Morgan fingerprint density at radius 3 is 2.48 bits per heavy atom. The summed E-state index contributed by atoms with van der Waals surface area (Å²) in [5.41, 5.74) is 1.90. The Hall–Kier alpha value is -2.68. The van der Waals surface area contributed by atoms with Gasteiger partial charge in [-0.3, -0.25) is 9.10 Å². The van der Waals surface area contributed by atoms with Crippen molar-refractivity contribution in [3.05, 3.63) is 59.7 Å². The van der Waals surface area contributed by atoms with Crippen molar-refractivity contribution < 1.29 is 22.0 Å². The van der Waals surface area contributed by atoms with Crippen molar-refractivity contribution in [2.45, 2.75) is 26.3 Å². The predicted molar refractivity (Wildman–Crippen MR) is 117 cm³/mol. The van der Waals surface area contributed by atoms with E-state index in [0.29, 0.717) is 5.92 Å². The summed E-state index contributed by atoms with van der Waals surface area (Å²) in [5, 5.41) is 2.68. The summed E-state index contributed by atoms with van der Waals surface area (Å²) in [7, 11) is -3.87. The van der Waals surface area contributed by atoms with Crippen molar-refractivity contribution in [3.8, 4) is 0 Å². The van der Waals surface area contributed by atoms with Crippen LogP contribution in [0.1, 0.15) is 25.3 Å². The molecule has 0 aliphatic carbocycles. The predicted octanol–water partition coefficient (Wildman–Crippen LogP) is 3.28. The van der Waals surface area contributed by atoms with Crippen molar-refractivity contribution in [2.75, 3.05) is 35.1 Å². The molecule has 1 amide bonds. The van der Waals surface area contributed by atoms with Gasteiger partial charge in [-0.15, -0.1) is 0 Å². The molecular formula is C22H27F2N3O3S. The van der Waals surface area contributed by atoms with Crippen molar-refractivity contribution in [3.63, 3.8) is 0 Å². The van der Waals surface area contributed by atoms with Crippen LogP contribution >= 0.6 is 0 Å². The van der Waals surface area contributed by atoms with Gasteiger partial charge in [-0.05, 0) is 48.6 Å². The highest BCUT2D eigenvalue weighted by Crippen LogP contribution is 2.23. The van der Waals surface area contributed by atoms with Gasteiger partial charge in [0.15, 0.2) is 11.6 Å². The van der Waals surface area contributed by atoms with E-state index in [0.717, 1.165) is 53.1 Å². The molecule has 1 aliphatic heterocycles. The minimum Gasteiger partial charge on any atom is -0.371 e. The van der Waals surface area contributed by atoms with Gasteiger partial charge in [0.2, 0.25) is 15.9 Å². The highest BCUT2D eigenvalue weighted by atomic mass is 32.2. The Bertz CT molecular complexity index is 1030. The number of hydrogen-bond donors (Lipinski definition) is 1. The van der Waals surface area contributed by atoms with Crippen molar-refractivity contribution in [1.82, 2.24) is 5.32 Å². The largest absolute Gasteiger partial charge is 0.371 e. The fourth-order valence-electron chi connectivity index (χ4n) is 3.68. The van der Waals surface area contributed by atoms with Gasteiger partial charge in [-0.25, -0.2) is 17.2 Å². The number of nitrogens with one attached hydrogen (secondary N) is 1. The van der Waals surface area contributed by atoms with Crippen LogP contribution in [0.3, 0.4) is 0 Å². The van der Waals surface area contributed by atoms with Crippen LogP contribution in [0, 0.1) is 17.6 Å². The molecule has 1 heterocycles. The maximum Gasteiger partial charge on any atom is 0.241 e. The van der Waals surface area contributed by atoms with Crippen LogP contribution in [0.15, 0.2) is 42.5 Å². The summed E-state index contributed by atoms with van der Waals surface area (Å²) < 4.78 is 51.6. The molecule has 0 aromatic heterocycles. The zero-order valence-corrected chi connectivity index (χ0v) is 18.5. The van der Waals surface area contributed by atoms with Gasteiger partial charge in [-0.2, -0.15) is 0 Å². The average Bonchev–Trinajstić information content (AvgIpc) is 2.72. The van der Waals surface area contributed by atoms with Crippen molar-refractivity contribution >= 4 is 27.3 Å². The first kappa shape index (κ1) is 23.0. The SMILES string of the molecule is CC1CCCN(c2ccc(CNC(=O)CN(c3ccc(F)c(F)c3)S(C)(=O)=O)cc2)C1. The van der Waals surface area contributed by atoms with E-state index >= 15 is 0 Å². The van der Waals surface area contributed by atoms with Crippen LogP contribution < -0.4 is 14.5 Å². The Morgan fingerprint density at radius 1 is 1.16 bits per heavy atom. The maximum absolute atomic E-state index is 13.5. The zero-order valence-electron chi connectivity index (χ0n) is 17.6. The van der Waals surface area contributed by atoms with Crippen molar-refractivity contribution in [2.24, 2.45) is 5.92 Å². The first-order chi connectivity index (χ1) is 14.6. The van der Waals surface area contributed by atoms with Crippen LogP contribution in [0.5, 0.6) is 0 Å². The molecule has 0 bridgehead atoms. The van der Waals surface area contributed by atoms with Crippen LogP contribution in [0.2, 0.25) is 0 Å². The first-order valence-corrected chi connectivity index (χ1v) is 12.0. The molecule has 31 heavy (non-hydrogen) atoms. The number of carbonyl (C=O) groups is 1. The minimum atomic E-state index is -3.87. The normalized spacial score (nSPS) is 16.8. The number of amides is 1. The molecule has 0 saturated carbocycles. The fraction of sp³-hybridized carbons (Fsp3) is 0.409. The molecule has 0 spiro atoms. The average molecular weight is 452 g/mol. The van der Waals surface area contributed by atoms with Gasteiger partial charge in [0.25, 0.3) is 0 Å². The quantitative estimate of drug-likeness (QED) is 0.702. The second-order valence-corrected chi connectivity index (χ2v) is 9.91.